The second-order valence-electron chi connectivity index (χ2n) is 6.95. The number of benzene rings is 2. The number of methoxy groups -OCH3 is 1. The summed E-state index contributed by atoms with van der Waals surface area (Å²) >= 11 is 6.47. The van der Waals surface area contributed by atoms with E-state index in [-0.39, 0.29) is 12.2 Å². The molecule has 2 aromatic rings. The first-order valence-electron chi connectivity index (χ1n) is 8.55. The van der Waals surface area contributed by atoms with Crippen LogP contribution in [0.2, 0.25) is 5.02 Å². The molecular formula is C20H18ClF3O2. The van der Waals surface area contributed by atoms with E-state index in [1.807, 2.05) is 0 Å². The van der Waals surface area contributed by atoms with Crippen molar-refractivity contribution in [1.29, 1.82) is 0 Å². The van der Waals surface area contributed by atoms with Crippen molar-refractivity contribution in [1.82, 2.24) is 0 Å². The Morgan fingerprint density at radius 1 is 1.19 bits per heavy atom. The Hall–Kier alpha value is -1.88. The number of hydrogen-bond donors (Lipinski definition) is 0. The predicted octanol–water partition coefficient (Wildman–Crippen LogP) is 5.74. The van der Waals surface area contributed by atoms with E-state index >= 15 is 0 Å². The zero-order valence-electron chi connectivity index (χ0n) is 14.2. The summed E-state index contributed by atoms with van der Waals surface area (Å²) < 4.78 is 54.0. The van der Waals surface area contributed by atoms with Crippen molar-refractivity contribution in [2.45, 2.75) is 43.1 Å². The molecule has 2 aliphatic rings. The van der Waals surface area contributed by atoms with Crippen molar-refractivity contribution < 1.29 is 22.6 Å². The maximum absolute atomic E-state index is 14.4. The van der Waals surface area contributed by atoms with Gasteiger partial charge in [0, 0.05) is 23.4 Å². The van der Waals surface area contributed by atoms with Gasteiger partial charge in [-0.25, -0.2) is 13.2 Å². The van der Waals surface area contributed by atoms with E-state index in [9.17, 15) is 13.2 Å². The first kappa shape index (κ1) is 17.5. The molecule has 0 N–H and O–H groups in total. The molecule has 0 aromatic heterocycles. The molecule has 2 atom stereocenters. The lowest BCUT2D eigenvalue weighted by Crippen LogP contribution is -2.40. The summed E-state index contributed by atoms with van der Waals surface area (Å²) in [5.74, 6) is -2.75. The van der Waals surface area contributed by atoms with Crippen LogP contribution >= 0.6 is 11.6 Å². The van der Waals surface area contributed by atoms with Crippen molar-refractivity contribution in [2.24, 2.45) is 0 Å². The average molecular weight is 383 g/mol. The first-order chi connectivity index (χ1) is 12.4. The van der Waals surface area contributed by atoms with E-state index in [1.165, 1.54) is 19.2 Å². The van der Waals surface area contributed by atoms with Crippen LogP contribution in [0.15, 0.2) is 36.4 Å². The molecule has 0 spiro atoms. The highest BCUT2D eigenvalue weighted by atomic mass is 35.5. The molecule has 4 rings (SSSR count). The Morgan fingerprint density at radius 3 is 2.73 bits per heavy atom. The Morgan fingerprint density at radius 2 is 2.00 bits per heavy atom. The molecule has 0 radical (unpaired) electrons. The van der Waals surface area contributed by atoms with Gasteiger partial charge >= 0.3 is 0 Å². The minimum atomic E-state index is -2.83. The molecule has 0 saturated heterocycles. The molecule has 1 saturated carbocycles. The zero-order valence-corrected chi connectivity index (χ0v) is 15.0. The number of alkyl halides is 2. The molecule has 1 fully saturated rings. The van der Waals surface area contributed by atoms with Crippen molar-refractivity contribution in [3.05, 3.63) is 58.4 Å². The van der Waals surface area contributed by atoms with Crippen LogP contribution in [0.4, 0.5) is 13.2 Å². The largest absolute Gasteiger partial charge is 0.494 e. The molecule has 0 bridgehead atoms. The van der Waals surface area contributed by atoms with Gasteiger partial charge in [-0.1, -0.05) is 23.7 Å². The normalized spacial score (nSPS) is 26.4. The second-order valence-corrected chi connectivity index (χ2v) is 7.36. The summed E-state index contributed by atoms with van der Waals surface area (Å²) in [6.07, 6.45) is -0.734. The molecule has 26 heavy (non-hydrogen) atoms. The van der Waals surface area contributed by atoms with Crippen LogP contribution in [0.1, 0.15) is 36.8 Å². The fourth-order valence-corrected chi connectivity index (χ4v) is 4.70. The van der Waals surface area contributed by atoms with Crippen LogP contribution in [0, 0.1) is 5.82 Å². The topological polar surface area (TPSA) is 18.5 Å². The molecular weight excluding hydrogens is 365 g/mol. The van der Waals surface area contributed by atoms with Crippen LogP contribution < -0.4 is 9.47 Å². The fourth-order valence-electron chi connectivity index (χ4n) is 4.37. The number of fused-ring (bicyclic) bond motifs is 3. The van der Waals surface area contributed by atoms with Crippen LogP contribution in [0.25, 0.3) is 0 Å². The lowest BCUT2D eigenvalue weighted by Gasteiger charge is -2.34. The van der Waals surface area contributed by atoms with Gasteiger partial charge in [0.1, 0.15) is 11.9 Å². The van der Waals surface area contributed by atoms with Gasteiger partial charge in [0.05, 0.1) is 12.5 Å². The molecule has 6 heteroatoms. The summed E-state index contributed by atoms with van der Waals surface area (Å²) in [5, 5.41) is 0.450. The van der Waals surface area contributed by atoms with Gasteiger partial charge in [-0.05, 0) is 42.7 Å². The minimum absolute atomic E-state index is 0.110. The summed E-state index contributed by atoms with van der Waals surface area (Å²) in [6.45, 7) is 0. The van der Waals surface area contributed by atoms with Crippen LogP contribution in [-0.4, -0.2) is 19.1 Å². The van der Waals surface area contributed by atoms with Gasteiger partial charge in [0.2, 0.25) is 0 Å². The highest BCUT2D eigenvalue weighted by molar-refractivity contribution is 6.31. The Balaban J connectivity index is 1.95. The van der Waals surface area contributed by atoms with Crippen LogP contribution in [0.3, 0.4) is 0 Å². The first-order valence-corrected chi connectivity index (χ1v) is 8.93. The average Bonchev–Trinajstić information content (AvgIpc) is 2.82. The summed E-state index contributed by atoms with van der Waals surface area (Å²) in [4.78, 5) is 0. The monoisotopic (exact) mass is 382 g/mol. The molecule has 1 heterocycles. The molecule has 1 aliphatic heterocycles. The Kier molecular flexibility index (Phi) is 4.10. The maximum atomic E-state index is 14.4. The fraction of sp³-hybridized carbons (Fsp3) is 0.400. The highest BCUT2D eigenvalue weighted by Gasteiger charge is 2.56. The summed E-state index contributed by atoms with van der Waals surface area (Å²) in [7, 11) is 1.39. The van der Waals surface area contributed by atoms with Gasteiger partial charge < -0.3 is 9.47 Å². The Bertz CT molecular complexity index is 855. The van der Waals surface area contributed by atoms with Gasteiger partial charge in [-0.3, -0.25) is 0 Å². The van der Waals surface area contributed by atoms with Crippen LogP contribution in [0.5, 0.6) is 11.5 Å². The van der Waals surface area contributed by atoms with E-state index in [2.05, 4.69) is 0 Å². The van der Waals surface area contributed by atoms with E-state index in [0.29, 0.717) is 34.7 Å². The summed E-state index contributed by atoms with van der Waals surface area (Å²) in [6, 6.07) is 9.78. The number of halogens is 4. The third-order valence-electron chi connectivity index (χ3n) is 5.50. The summed E-state index contributed by atoms with van der Waals surface area (Å²) in [5.41, 5.74) is 0.361. The molecule has 2 nitrogen and oxygen atoms in total. The maximum Gasteiger partial charge on any atom is 0.251 e. The highest BCUT2D eigenvalue weighted by Crippen LogP contribution is 2.57. The third kappa shape index (κ3) is 2.56. The number of rotatable bonds is 2. The predicted molar refractivity (Wildman–Crippen MR) is 93.0 cm³/mol. The van der Waals surface area contributed by atoms with Crippen molar-refractivity contribution in [3.8, 4) is 11.5 Å². The minimum Gasteiger partial charge on any atom is -0.494 e. The van der Waals surface area contributed by atoms with Crippen LogP contribution in [-0.2, 0) is 5.41 Å². The second kappa shape index (κ2) is 6.08. The van der Waals surface area contributed by atoms with Gasteiger partial charge in [-0.15, -0.1) is 0 Å². The van der Waals surface area contributed by atoms with Gasteiger partial charge in [0.25, 0.3) is 5.92 Å². The third-order valence-corrected chi connectivity index (χ3v) is 5.82. The lowest BCUT2D eigenvalue weighted by molar-refractivity contribution is -0.0402. The lowest BCUT2D eigenvalue weighted by atomic mass is 9.68. The van der Waals surface area contributed by atoms with Crippen molar-refractivity contribution >= 4 is 11.6 Å². The van der Waals surface area contributed by atoms with E-state index in [4.69, 9.17) is 21.1 Å². The van der Waals surface area contributed by atoms with E-state index < -0.39 is 29.7 Å². The van der Waals surface area contributed by atoms with Gasteiger partial charge in [-0.2, -0.15) is 0 Å². The van der Waals surface area contributed by atoms with E-state index in [0.717, 1.165) is 0 Å². The number of ether oxygens (including phenoxy) is 2. The Labute approximate surface area is 154 Å². The van der Waals surface area contributed by atoms with Crippen molar-refractivity contribution in [3.63, 3.8) is 0 Å². The molecule has 138 valence electrons. The van der Waals surface area contributed by atoms with E-state index in [1.54, 1.807) is 24.3 Å². The molecule has 2 aromatic carbocycles. The zero-order chi connectivity index (χ0) is 18.5. The molecule has 0 amide bonds. The molecule has 1 aliphatic carbocycles. The van der Waals surface area contributed by atoms with Gasteiger partial charge in [0.15, 0.2) is 11.6 Å². The molecule has 2 unspecified atom stereocenters. The smallest absolute Gasteiger partial charge is 0.251 e. The standard InChI is InChI=1S/C20H18ClF3O2/c1-25-15-7-6-12(10-14(15)22)20-9-3-8-19(23,24)11-17(20)26-16-5-2-4-13(21)18(16)20/h2,4-7,10,17H,3,8-9,11H2,1H3. The quantitative estimate of drug-likeness (QED) is 0.659. The number of hydrogen-bond acceptors (Lipinski definition) is 2. The SMILES string of the molecule is COc1ccc(C23CCCC(F)(F)CC2Oc2cccc(Cl)c23)cc1F. The van der Waals surface area contributed by atoms with Crippen molar-refractivity contribution in [2.75, 3.05) is 7.11 Å².